The third kappa shape index (κ3) is 6.40. The van der Waals surface area contributed by atoms with Gasteiger partial charge in [0.05, 0.1) is 46.8 Å². The number of ether oxygens (including phenoxy) is 1. The smallest absolute Gasteiger partial charge is 0.410 e. The molecule has 2 aliphatic rings. The van der Waals surface area contributed by atoms with E-state index in [4.69, 9.17) is 14.7 Å². The van der Waals surface area contributed by atoms with Gasteiger partial charge in [-0.15, -0.1) is 0 Å². The zero-order valence-electron chi connectivity index (χ0n) is 30.0. The number of hydrogen-bond acceptors (Lipinski definition) is 9. The van der Waals surface area contributed by atoms with E-state index in [1.54, 1.807) is 41.3 Å². The van der Waals surface area contributed by atoms with Crippen LogP contribution in [0.25, 0.3) is 38.7 Å². The fraction of sp³-hybridized carbons (Fsp3) is 0.256. The highest BCUT2D eigenvalue weighted by molar-refractivity contribution is 7.92. The maximum Gasteiger partial charge on any atom is 0.410 e. The van der Waals surface area contributed by atoms with Gasteiger partial charge in [-0.3, -0.25) is 28.1 Å². The van der Waals surface area contributed by atoms with Crippen LogP contribution in [0.1, 0.15) is 27.7 Å². The summed E-state index contributed by atoms with van der Waals surface area (Å²) in [6.45, 7) is 2.37. The van der Waals surface area contributed by atoms with Gasteiger partial charge in [-0.05, 0) is 72.3 Å². The van der Waals surface area contributed by atoms with Gasteiger partial charge >= 0.3 is 6.09 Å². The Hall–Kier alpha value is -6.00. The Morgan fingerprint density at radius 3 is 2.53 bits per heavy atom. The quantitative estimate of drug-likeness (QED) is 0.163. The number of nitrogens with one attached hydrogen (secondary N) is 1. The molecule has 0 spiro atoms. The van der Waals surface area contributed by atoms with Crippen molar-refractivity contribution < 1.29 is 36.3 Å². The Morgan fingerprint density at radius 2 is 1.78 bits per heavy atom. The van der Waals surface area contributed by atoms with E-state index in [-0.39, 0.29) is 28.9 Å². The first-order valence-corrected chi connectivity index (χ1v) is 19.3. The van der Waals surface area contributed by atoms with Crippen molar-refractivity contribution in [2.75, 3.05) is 50.9 Å². The zero-order chi connectivity index (χ0) is 38.8. The fourth-order valence-corrected chi connectivity index (χ4v) is 7.97. The second kappa shape index (κ2) is 13.7. The predicted octanol–water partition coefficient (Wildman–Crippen LogP) is 4.73. The lowest BCUT2D eigenvalue weighted by molar-refractivity contribution is -0.121. The maximum absolute atomic E-state index is 15.4. The van der Waals surface area contributed by atoms with E-state index >= 15 is 4.39 Å². The maximum atomic E-state index is 15.4. The third-order valence-corrected chi connectivity index (χ3v) is 11.5. The number of fused-ring (bicyclic) bond motifs is 6. The Morgan fingerprint density at radius 1 is 1.00 bits per heavy atom. The van der Waals surface area contributed by atoms with E-state index in [1.807, 2.05) is 4.40 Å². The van der Waals surface area contributed by atoms with Gasteiger partial charge in [0, 0.05) is 50.2 Å². The van der Waals surface area contributed by atoms with Crippen LogP contribution in [-0.2, 0) is 26.1 Å². The molecule has 0 saturated carbocycles. The molecule has 55 heavy (non-hydrogen) atoms. The van der Waals surface area contributed by atoms with Crippen molar-refractivity contribution in [1.82, 2.24) is 29.5 Å². The van der Waals surface area contributed by atoms with E-state index < -0.39 is 39.3 Å². The standard InChI is InChI=1S/C39H35F2N7O6S/c1-42-38(50)35(37(49)22-7-10-24(40)11-8-22)23-9-14-31(45(2)55(3,52)53)27(17-23)29-12-13-30-36(44-29)33-18-26-28(41)5-4-6-32(26)48(33)34(43-30)20-46-15-16-47-25(19-46)21-54-39(47)51/h4-14,17-18,25,35H,15-16,19-21H2,1-3H3,(H,42,50). The number of amides is 2. The zero-order valence-corrected chi connectivity index (χ0v) is 30.8. The van der Waals surface area contributed by atoms with Crippen LogP contribution in [0.4, 0.5) is 19.3 Å². The minimum atomic E-state index is -3.80. The number of sulfonamides is 1. The number of likely N-dealkylation sites (N-methyl/N-ethyl adjacent to an activating group) is 1. The molecule has 2 fully saturated rings. The number of nitrogens with zero attached hydrogens (tertiary/aromatic N) is 6. The first-order chi connectivity index (χ1) is 26.3. The number of ketones is 1. The topological polar surface area (TPSA) is 147 Å². The van der Waals surface area contributed by atoms with E-state index in [2.05, 4.69) is 10.2 Å². The Bertz CT molecular complexity index is 2670. The molecule has 1 N–H and O–H groups in total. The first kappa shape index (κ1) is 36.0. The summed E-state index contributed by atoms with van der Waals surface area (Å²) in [5, 5.41) is 2.89. The minimum Gasteiger partial charge on any atom is -0.447 e. The second-order valence-corrected chi connectivity index (χ2v) is 15.7. The molecular weight excluding hydrogens is 733 g/mol. The molecule has 2 saturated heterocycles. The van der Waals surface area contributed by atoms with E-state index in [0.29, 0.717) is 77.3 Å². The van der Waals surface area contributed by atoms with Crippen molar-refractivity contribution in [2.45, 2.75) is 18.5 Å². The van der Waals surface area contributed by atoms with Gasteiger partial charge < -0.3 is 10.1 Å². The second-order valence-electron chi connectivity index (χ2n) is 13.7. The van der Waals surface area contributed by atoms with Crippen molar-refractivity contribution in [1.29, 1.82) is 0 Å². The first-order valence-electron chi connectivity index (χ1n) is 17.5. The highest BCUT2D eigenvalue weighted by Crippen LogP contribution is 2.37. The molecule has 3 aromatic heterocycles. The number of Topliss-reactive ketones (excluding diaryl/α,β-unsaturated/α-hetero) is 1. The van der Waals surface area contributed by atoms with Gasteiger partial charge in [-0.1, -0.05) is 12.1 Å². The molecule has 2 amide bonds. The number of carbonyl (C=O) groups excluding carboxylic acids is 3. The molecule has 13 nitrogen and oxygen atoms in total. The van der Waals surface area contributed by atoms with Gasteiger partial charge in [0.25, 0.3) is 0 Å². The van der Waals surface area contributed by atoms with Gasteiger partial charge in [0.15, 0.2) is 5.78 Å². The van der Waals surface area contributed by atoms with Gasteiger partial charge in [-0.25, -0.2) is 32.0 Å². The summed E-state index contributed by atoms with van der Waals surface area (Å²) in [4.78, 5) is 53.1. The van der Waals surface area contributed by atoms with Crippen LogP contribution in [0.5, 0.6) is 0 Å². The molecule has 5 heterocycles. The number of anilines is 1. The van der Waals surface area contributed by atoms with Gasteiger partial charge in [0.1, 0.15) is 35.5 Å². The number of cyclic esters (lactones) is 1. The predicted molar refractivity (Wildman–Crippen MR) is 201 cm³/mol. The lowest BCUT2D eigenvalue weighted by atomic mass is 9.88. The lowest BCUT2D eigenvalue weighted by Gasteiger charge is -2.35. The molecule has 2 aliphatic heterocycles. The molecule has 282 valence electrons. The number of hydrogen-bond donors (Lipinski definition) is 1. The van der Waals surface area contributed by atoms with Crippen LogP contribution < -0.4 is 9.62 Å². The average Bonchev–Trinajstić information content (AvgIpc) is 3.75. The van der Waals surface area contributed by atoms with Crippen LogP contribution in [0.3, 0.4) is 0 Å². The molecule has 2 unspecified atom stereocenters. The molecular formula is C39H35F2N7O6S. The largest absolute Gasteiger partial charge is 0.447 e. The number of aromatic nitrogens is 3. The Kier molecular flexibility index (Phi) is 8.96. The van der Waals surface area contributed by atoms with E-state index in [0.717, 1.165) is 22.7 Å². The van der Waals surface area contributed by atoms with Crippen LogP contribution in [0.15, 0.2) is 78.9 Å². The van der Waals surface area contributed by atoms with Crippen LogP contribution >= 0.6 is 0 Å². The number of piperazine rings is 1. The highest BCUT2D eigenvalue weighted by atomic mass is 32.2. The minimum absolute atomic E-state index is 0.0794. The van der Waals surface area contributed by atoms with Crippen LogP contribution in [-0.4, -0.2) is 103 Å². The van der Waals surface area contributed by atoms with Crippen molar-refractivity contribution in [2.24, 2.45) is 0 Å². The monoisotopic (exact) mass is 767 g/mol. The number of carbonyl (C=O) groups is 3. The SMILES string of the molecule is CNC(=O)C(C(=O)c1ccc(F)cc1)c1ccc(N(C)S(C)(=O)=O)c(-c2ccc3nc(CN4CCN5C(=O)OCC5C4)n4c5cccc(F)c5cc4c3n2)c1. The van der Waals surface area contributed by atoms with Crippen molar-refractivity contribution in [3.63, 3.8) is 0 Å². The number of pyridine rings is 1. The molecule has 6 aromatic rings. The summed E-state index contributed by atoms with van der Waals surface area (Å²) < 4.78 is 63.1. The summed E-state index contributed by atoms with van der Waals surface area (Å²) in [6.07, 6.45) is 0.738. The Balaban J connectivity index is 1.29. The van der Waals surface area contributed by atoms with Gasteiger partial charge in [0.2, 0.25) is 15.9 Å². The van der Waals surface area contributed by atoms with Gasteiger partial charge in [-0.2, -0.15) is 0 Å². The van der Waals surface area contributed by atoms with Crippen LogP contribution in [0.2, 0.25) is 0 Å². The van der Waals surface area contributed by atoms with Crippen molar-refractivity contribution in [3.05, 3.63) is 107 Å². The van der Waals surface area contributed by atoms with E-state index in [9.17, 15) is 27.2 Å². The molecule has 0 aliphatic carbocycles. The summed E-state index contributed by atoms with van der Waals surface area (Å²) in [6, 6.07) is 19.3. The van der Waals surface area contributed by atoms with Crippen LogP contribution in [0, 0.1) is 11.6 Å². The normalized spacial score (nSPS) is 16.7. The van der Waals surface area contributed by atoms with Crippen molar-refractivity contribution in [3.8, 4) is 11.3 Å². The molecule has 0 bridgehead atoms. The number of halogens is 2. The third-order valence-electron chi connectivity index (χ3n) is 10.3. The molecule has 2 atom stereocenters. The van der Waals surface area contributed by atoms with Crippen molar-refractivity contribution >= 4 is 60.9 Å². The molecule has 16 heteroatoms. The average molecular weight is 768 g/mol. The fourth-order valence-electron chi connectivity index (χ4n) is 7.46. The van der Waals surface area contributed by atoms with E-state index in [1.165, 1.54) is 44.4 Å². The molecule has 3 aromatic carbocycles. The summed E-state index contributed by atoms with van der Waals surface area (Å²) in [7, 11) is -1.02. The lowest BCUT2D eigenvalue weighted by Crippen LogP contribution is -2.51. The number of rotatable bonds is 9. The highest BCUT2D eigenvalue weighted by Gasteiger charge is 2.38. The summed E-state index contributed by atoms with van der Waals surface area (Å²) >= 11 is 0. The summed E-state index contributed by atoms with van der Waals surface area (Å²) in [5.74, 6) is -2.91. The number of benzene rings is 3. The molecule has 8 rings (SSSR count). The Labute approximate surface area is 314 Å². The summed E-state index contributed by atoms with van der Waals surface area (Å²) in [5.41, 5.74) is 3.22. The molecule has 0 radical (unpaired) electrons.